The van der Waals surface area contributed by atoms with Crippen LogP contribution in [-0.2, 0) is 4.79 Å². The van der Waals surface area contributed by atoms with Gasteiger partial charge < -0.3 is 9.47 Å². The molecule has 0 fully saturated rings. The Kier molecular flexibility index (Phi) is 8.63. The van der Waals surface area contributed by atoms with Crippen LogP contribution in [0.2, 0.25) is 5.02 Å². The van der Waals surface area contributed by atoms with Gasteiger partial charge in [-0.15, -0.1) is 11.3 Å². The maximum absolute atomic E-state index is 12.7. The fourth-order valence-corrected chi connectivity index (χ4v) is 5.30. The van der Waals surface area contributed by atoms with Gasteiger partial charge in [-0.05, 0) is 59.9 Å². The van der Waals surface area contributed by atoms with E-state index in [9.17, 15) is 9.59 Å². The van der Waals surface area contributed by atoms with E-state index in [1.54, 1.807) is 24.3 Å². The van der Waals surface area contributed by atoms with E-state index in [0.29, 0.717) is 27.0 Å². The second-order valence-corrected chi connectivity index (χ2v) is 10.9. The summed E-state index contributed by atoms with van der Waals surface area (Å²) in [6, 6.07) is 18.3. The second kappa shape index (κ2) is 11.9. The van der Waals surface area contributed by atoms with Crippen LogP contribution in [0.1, 0.15) is 46.1 Å². The molecule has 1 N–H and O–H groups in total. The fourth-order valence-electron chi connectivity index (χ4n) is 3.56. The van der Waals surface area contributed by atoms with E-state index in [1.807, 2.05) is 43.3 Å². The number of fused-ring (bicyclic) bond motifs is 1. The summed E-state index contributed by atoms with van der Waals surface area (Å²) in [5.74, 6) is 0.319. The number of nitrogens with one attached hydrogen (secondary N) is 1. The number of nitrogens with zero attached hydrogens (tertiary/aromatic N) is 1. The molecule has 0 bridgehead atoms. The number of benzene rings is 3. The third kappa shape index (κ3) is 6.57. The molecule has 1 aromatic heterocycles. The Hall–Kier alpha value is -3.20. The summed E-state index contributed by atoms with van der Waals surface area (Å²) >= 11 is 11.2. The highest BCUT2D eigenvalue weighted by Crippen LogP contribution is 2.36. The van der Waals surface area contributed by atoms with Gasteiger partial charge in [0.05, 0.1) is 11.2 Å². The molecule has 4 rings (SSSR count). The SMILES string of the molecule is Cc1cc(OCC(=O)N/N=C/c2cccc(OC(=O)c3sc4ccccc4c3Cl)c2)c(C(C)C)cc1Br. The normalized spacial score (nSPS) is 11.3. The van der Waals surface area contributed by atoms with Crippen LogP contribution in [0, 0.1) is 6.92 Å². The van der Waals surface area contributed by atoms with Crippen molar-refractivity contribution in [1.29, 1.82) is 0 Å². The number of carbonyl (C=O) groups is 2. The minimum atomic E-state index is -0.533. The Balaban J connectivity index is 1.35. The number of aryl methyl sites for hydroxylation is 1. The van der Waals surface area contributed by atoms with Crippen LogP contribution in [0.25, 0.3) is 10.1 Å². The number of ether oxygens (including phenoxy) is 2. The average Bonchev–Trinajstić information content (AvgIpc) is 3.21. The quantitative estimate of drug-likeness (QED) is 0.0985. The molecule has 6 nitrogen and oxygen atoms in total. The largest absolute Gasteiger partial charge is 0.483 e. The van der Waals surface area contributed by atoms with Crippen LogP contribution in [0.15, 0.2) is 70.2 Å². The van der Waals surface area contributed by atoms with Gasteiger partial charge in [-0.3, -0.25) is 4.79 Å². The molecule has 3 aromatic carbocycles. The fraction of sp³-hybridized carbons (Fsp3) is 0.179. The number of esters is 1. The van der Waals surface area contributed by atoms with Gasteiger partial charge in [0, 0.05) is 14.6 Å². The molecule has 0 spiro atoms. The number of hydrogen-bond acceptors (Lipinski definition) is 6. The van der Waals surface area contributed by atoms with E-state index in [1.165, 1.54) is 17.6 Å². The predicted molar refractivity (Wildman–Crippen MR) is 152 cm³/mol. The lowest BCUT2D eigenvalue weighted by molar-refractivity contribution is -0.123. The van der Waals surface area contributed by atoms with E-state index in [-0.39, 0.29) is 12.5 Å². The summed E-state index contributed by atoms with van der Waals surface area (Å²) in [6.45, 7) is 5.92. The van der Waals surface area contributed by atoms with Crippen molar-refractivity contribution in [3.05, 3.63) is 91.7 Å². The van der Waals surface area contributed by atoms with Crippen molar-refractivity contribution in [1.82, 2.24) is 5.43 Å². The average molecular weight is 600 g/mol. The van der Waals surface area contributed by atoms with Gasteiger partial charge in [0.2, 0.25) is 0 Å². The Bertz CT molecular complexity index is 1500. The first-order chi connectivity index (χ1) is 17.7. The lowest BCUT2D eigenvalue weighted by Gasteiger charge is -2.15. The van der Waals surface area contributed by atoms with Gasteiger partial charge in [-0.1, -0.05) is 71.7 Å². The Morgan fingerprint density at radius 2 is 1.92 bits per heavy atom. The molecule has 9 heteroatoms. The van der Waals surface area contributed by atoms with E-state index < -0.39 is 11.9 Å². The standard InChI is InChI=1S/C28H24BrClN2O4S/c1-16(2)21-13-22(29)17(3)11-23(21)35-15-25(33)32-31-14-18-7-6-8-19(12-18)36-28(34)27-26(30)20-9-4-5-10-24(20)37-27/h4-14,16H,15H2,1-3H3,(H,32,33)/b31-14+. The summed E-state index contributed by atoms with van der Waals surface area (Å²) in [5, 5.41) is 5.19. The number of carbonyl (C=O) groups excluding carboxylic acids is 2. The number of hydrogen-bond donors (Lipinski definition) is 1. The molecule has 0 saturated carbocycles. The van der Waals surface area contributed by atoms with Crippen molar-refractivity contribution < 1.29 is 19.1 Å². The van der Waals surface area contributed by atoms with E-state index in [4.69, 9.17) is 21.1 Å². The first kappa shape index (κ1) is 26.9. The first-order valence-corrected chi connectivity index (χ1v) is 13.5. The van der Waals surface area contributed by atoms with Gasteiger partial charge in [0.15, 0.2) is 6.61 Å². The van der Waals surface area contributed by atoms with Crippen molar-refractivity contribution in [3.63, 3.8) is 0 Å². The highest BCUT2D eigenvalue weighted by atomic mass is 79.9. The molecular weight excluding hydrogens is 576 g/mol. The van der Waals surface area contributed by atoms with Crippen molar-refractivity contribution in [2.45, 2.75) is 26.7 Å². The number of hydrazone groups is 1. The van der Waals surface area contributed by atoms with E-state index in [0.717, 1.165) is 25.7 Å². The molecule has 0 saturated heterocycles. The third-order valence-electron chi connectivity index (χ3n) is 5.46. The van der Waals surface area contributed by atoms with Gasteiger partial charge in [-0.2, -0.15) is 5.10 Å². The molecule has 0 aliphatic carbocycles. The minimum absolute atomic E-state index is 0.175. The summed E-state index contributed by atoms with van der Waals surface area (Å²) < 4.78 is 13.2. The second-order valence-electron chi connectivity index (χ2n) is 8.58. The number of halogens is 2. The Morgan fingerprint density at radius 1 is 1.14 bits per heavy atom. The van der Waals surface area contributed by atoms with Crippen molar-refractivity contribution >= 4 is 67.0 Å². The van der Waals surface area contributed by atoms with Crippen molar-refractivity contribution in [2.75, 3.05) is 6.61 Å². The molecule has 0 aliphatic rings. The summed E-state index contributed by atoms with van der Waals surface area (Å²) in [7, 11) is 0. The van der Waals surface area contributed by atoms with Gasteiger partial charge in [-0.25, -0.2) is 10.2 Å². The van der Waals surface area contributed by atoms with Crippen LogP contribution in [-0.4, -0.2) is 24.7 Å². The van der Waals surface area contributed by atoms with Crippen molar-refractivity contribution in [2.24, 2.45) is 5.10 Å². The zero-order valence-electron chi connectivity index (χ0n) is 20.4. The lowest BCUT2D eigenvalue weighted by Crippen LogP contribution is -2.25. The molecule has 0 radical (unpaired) electrons. The van der Waals surface area contributed by atoms with Crippen LogP contribution in [0.4, 0.5) is 0 Å². The number of rotatable bonds is 8. The highest BCUT2D eigenvalue weighted by Gasteiger charge is 2.19. The molecule has 0 atom stereocenters. The summed E-state index contributed by atoms with van der Waals surface area (Å²) in [6.07, 6.45) is 1.46. The maximum Gasteiger partial charge on any atom is 0.355 e. The van der Waals surface area contributed by atoms with Crippen LogP contribution in [0.3, 0.4) is 0 Å². The molecule has 4 aromatic rings. The molecule has 190 valence electrons. The number of thiophene rings is 1. The van der Waals surface area contributed by atoms with Crippen LogP contribution >= 0.6 is 38.9 Å². The molecular formula is C28H24BrClN2O4S. The highest BCUT2D eigenvalue weighted by molar-refractivity contribution is 9.10. The molecule has 37 heavy (non-hydrogen) atoms. The topological polar surface area (TPSA) is 77.0 Å². The van der Waals surface area contributed by atoms with Gasteiger partial charge >= 0.3 is 5.97 Å². The zero-order valence-corrected chi connectivity index (χ0v) is 23.5. The maximum atomic E-state index is 12.7. The van der Waals surface area contributed by atoms with Crippen LogP contribution in [0.5, 0.6) is 11.5 Å². The molecule has 0 aliphatic heterocycles. The monoisotopic (exact) mass is 598 g/mol. The summed E-state index contributed by atoms with van der Waals surface area (Å²) in [4.78, 5) is 25.3. The molecule has 1 heterocycles. The van der Waals surface area contributed by atoms with Gasteiger partial charge in [0.1, 0.15) is 16.4 Å². The predicted octanol–water partition coefficient (Wildman–Crippen LogP) is 7.50. The zero-order chi connectivity index (χ0) is 26.5. The third-order valence-corrected chi connectivity index (χ3v) is 7.97. The smallest absolute Gasteiger partial charge is 0.355 e. The molecule has 0 unspecified atom stereocenters. The minimum Gasteiger partial charge on any atom is -0.483 e. The Labute approximate surface area is 232 Å². The molecule has 1 amide bonds. The first-order valence-electron chi connectivity index (χ1n) is 11.5. The lowest BCUT2D eigenvalue weighted by atomic mass is 10.0. The van der Waals surface area contributed by atoms with Crippen molar-refractivity contribution in [3.8, 4) is 11.5 Å². The van der Waals surface area contributed by atoms with Gasteiger partial charge in [0.25, 0.3) is 5.91 Å². The summed E-state index contributed by atoms with van der Waals surface area (Å²) in [5.41, 5.74) is 5.13. The van der Waals surface area contributed by atoms with E-state index in [2.05, 4.69) is 40.3 Å². The van der Waals surface area contributed by atoms with Crippen LogP contribution < -0.4 is 14.9 Å². The van der Waals surface area contributed by atoms with E-state index >= 15 is 0 Å². The Morgan fingerprint density at radius 3 is 2.68 bits per heavy atom. The number of amides is 1.